The standard InChI is InChI=1S/C12H15FN2O2/c1-2-3-6-17-12(16)5-4-11-10(14)7-9(13)8-15-11/h4-5,7-8H,2-3,6,14H2,1H3/b5-4+. The van der Waals surface area contributed by atoms with Gasteiger partial charge in [0.15, 0.2) is 0 Å². The maximum atomic E-state index is 12.7. The summed E-state index contributed by atoms with van der Waals surface area (Å²) in [7, 11) is 0. The fourth-order valence-corrected chi connectivity index (χ4v) is 1.12. The van der Waals surface area contributed by atoms with Crippen LogP contribution in [0.1, 0.15) is 25.5 Å². The fraction of sp³-hybridized carbons (Fsp3) is 0.333. The van der Waals surface area contributed by atoms with E-state index in [1.165, 1.54) is 12.2 Å². The Morgan fingerprint density at radius 2 is 2.41 bits per heavy atom. The Bertz CT molecular complexity index is 419. The van der Waals surface area contributed by atoms with Crippen LogP contribution < -0.4 is 5.73 Å². The molecule has 0 aromatic carbocycles. The number of carbonyl (C=O) groups is 1. The largest absolute Gasteiger partial charge is 0.463 e. The Hall–Kier alpha value is -1.91. The van der Waals surface area contributed by atoms with Crippen LogP contribution >= 0.6 is 0 Å². The number of esters is 1. The van der Waals surface area contributed by atoms with Gasteiger partial charge in [0.25, 0.3) is 0 Å². The van der Waals surface area contributed by atoms with Crippen LogP contribution in [0.15, 0.2) is 18.3 Å². The predicted molar refractivity (Wildman–Crippen MR) is 63.5 cm³/mol. The number of rotatable bonds is 5. The summed E-state index contributed by atoms with van der Waals surface area (Å²) in [5, 5.41) is 0. The van der Waals surface area contributed by atoms with E-state index in [0.29, 0.717) is 12.3 Å². The number of unbranched alkanes of at least 4 members (excludes halogenated alkanes) is 1. The zero-order chi connectivity index (χ0) is 12.7. The maximum Gasteiger partial charge on any atom is 0.330 e. The monoisotopic (exact) mass is 238 g/mol. The molecule has 0 amide bonds. The van der Waals surface area contributed by atoms with E-state index in [2.05, 4.69) is 4.98 Å². The first-order valence-corrected chi connectivity index (χ1v) is 5.39. The van der Waals surface area contributed by atoms with Crippen LogP contribution in [0.5, 0.6) is 0 Å². The molecule has 0 aliphatic carbocycles. The van der Waals surface area contributed by atoms with Crippen molar-refractivity contribution < 1.29 is 13.9 Å². The first-order valence-electron chi connectivity index (χ1n) is 5.39. The normalized spacial score (nSPS) is 10.7. The van der Waals surface area contributed by atoms with Gasteiger partial charge in [-0.25, -0.2) is 9.18 Å². The smallest absolute Gasteiger partial charge is 0.330 e. The zero-order valence-electron chi connectivity index (χ0n) is 9.65. The SMILES string of the molecule is CCCCOC(=O)/C=C/c1ncc(F)cc1N. The second-order valence-electron chi connectivity index (χ2n) is 3.48. The van der Waals surface area contributed by atoms with E-state index in [1.807, 2.05) is 6.92 Å². The minimum Gasteiger partial charge on any atom is -0.463 e. The summed E-state index contributed by atoms with van der Waals surface area (Å²) in [6, 6.07) is 1.15. The van der Waals surface area contributed by atoms with E-state index in [1.54, 1.807) is 0 Å². The average Bonchev–Trinajstić information content (AvgIpc) is 2.28. The van der Waals surface area contributed by atoms with Crippen LogP contribution in [0.25, 0.3) is 6.08 Å². The van der Waals surface area contributed by atoms with Crippen LogP contribution in [0, 0.1) is 5.82 Å². The lowest BCUT2D eigenvalue weighted by Gasteiger charge is -2.00. The second kappa shape index (κ2) is 6.62. The van der Waals surface area contributed by atoms with Gasteiger partial charge in [0.2, 0.25) is 0 Å². The number of anilines is 1. The molecule has 0 aliphatic rings. The maximum absolute atomic E-state index is 12.7. The van der Waals surface area contributed by atoms with Crippen molar-refractivity contribution in [2.45, 2.75) is 19.8 Å². The number of aromatic nitrogens is 1. The molecule has 5 heteroatoms. The molecule has 0 aliphatic heterocycles. The number of ether oxygens (including phenoxy) is 1. The van der Waals surface area contributed by atoms with Crippen LogP contribution in [-0.4, -0.2) is 17.6 Å². The molecule has 17 heavy (non-hydrogen) atoms. The molecule has 0 bridgehead atoms. The Morgan fingerprint density at radius 3 is 3.06 bits per heavy atom. The zero-order valence-corrected chi connectivity index (χ0v) is 9.65. The average molecular weight is 238 g/mol. The van der Waals surface area contributed by atoms with Gasteiger partial charge in [0, 0.05) is 12.1 Å². The number of hydrogen-bond donors (Lipinski definition) is 1. The molecule has 92 valence electrons. The molecule has 0 atom stereocenters. The number of nitrogen functional groups attached to an aromatic ring is 1. The quantitative estimate of drug-likeness (QED) is 0.485. The Kier molecular flexibility index (Phi) is 5.13. The Morgan fingerprint density at radius 1 is 1.65 bits per heavy atom. The minimum absolute atomic E-state index is 0.183. The van der Waals surface area contributed by atoms with Crippen LogP contribution in [0.2, 0.25) is 0 Å². The third-order valence-electron chi connectivity index (χ3n) is 2.04. The summed E-state index contributed by atoms with van der Waals surface area (Å²) in [5.41, 5.74) is 6.05. The highest BCUT2D eigenvalue weighted by molar-refractivity contribution is 5.87. The van der Waals surface area contributed by atoms with Crippen LogP contribution in [0.4, 0.5) is 10.1 Å². The van der Waals surface area contributed by atoms with E-state index in [-0.39, 0.29) is 5.69 Å². The summed E-state index contributed by atoms with van der Waals surface area (Å²) < 4.78 is 17.6. The molecule has 1 rings (SSSR count). The lowest BCUT2D eigenvalue weighted by atomic mass is 10.3. The van der Waals surface area contributed by atoms with Gasteiger partial charge in [-0.05, 0) is 12.5 Å². The molecule has 2 N–H and O–H groups in total. The van der Waals surface area contributed by atoms with E-state index >= 15 is 0 Å². The minimum atomic E-state index is -0.509. The molecule has 1 aromatic heterocycles. The molecule has 0 unspecified atom stereocenters. The molecular formula is C12H15FN2O2. The van der Waals surface area contributed by atoms with E-state index < -0.39 is 11.8 Å². The second-order valence-corrected chi connectivity index (χ2v) is 3.48. The van der Waals surface area contributed by atoms with Crippen molar-refractivity contribution in [3.63, 3.8) is 0 Å². The lowest BCUT2D eigenvalue weighted by molar-refractivity contribution is -0.137. The van der Waals surface area contributed by atoms with Crippen molar-refractivity contribution in [1.82, 2.24) is 4.98 Å². The lowest BCUT2D eigenvalue weighted by Crippen LogP contribution is -2.02. The van der Waals surface area contributed by atoms with Gasteiger partial charge in [-0.1, -0.05) is 13.3 Å². The predicted octanol–water partition coefficient (Wildman–Crippen LogP) is 2.16. The molecule has 0 fully saturated rings. The molecule has 0 saturated heterocycles. The highest BCUT2D eigenvalue weighted by Crippen LogP contribution is 2.11. The van der Waals surface area contributed by atoms with Crippen LogP contribution in [-0.2, 0) is 9.53 Å². The van der Waals surface area contributed by atoms with Crippen molar-refractivity contribution in [3.8, 4) is 0 Å². The third kappa shape index (κ3) is 4.63. The van der Waals surface area contributed by atoms with Crippen molar-refractivity contribution in [3.05, 3.63) is 29.9 Å². The van der Waals surface area contributed by atoms with Crippen molar-refractivity contribution >= 4 is 17.7 Å². The number of pyridine rings is 1. The van der Waals surface area contributed by atoms with Crippen LogP contribution in [0.3, 0.4) is 0 Å². The number of nitrogens with two attached hydrogens (primary N) is 1. The molecule has 1 aromatic rings. The van der Waals surface area contributed by atoms with Crippen molar-refractivity contribution in [2.24, 2.45) is 0 Å². The highest BCUT2D eigenvalue weighted by Gasteiger charge is 2.01. The van der Waals surface area contributed by atoms with Crippen molar-refractivity contribution in [2.75, 3.05) is 12.3 Å². The van der Waals surface area contributed by atoms with Gasteiger partial charge in [0.05, 0.1) is 24.2 Å². The number of nitrogens with zero attached hydrogens (tertiary/aromatic N) is 1. The molecule has 1 heterocycles. The first kappa shape index (κ1) is 13.2. The fourth-order valence-electron chi connectivity index (χ4n) is 1.12. The summed E-state index contributed by atoms with van der Waals surface area (Å²) in [6.07, 6.45) is 5.47. The number of hydrogen-bond acceptors (Lipinski definition) is 4. The summed E-state index contributed by atoms with van der Waals surface area (Å²) in [6.45, 7) is 2.40. The molecular weight excluding hydrogens is 223 g/mol. The van der Waals surface area contributed by atoms with Gasteiger partial charge in [-0.3, -0.25) is 4.98 Å². The summed E-state index contributed by atoms with van der Waals surface area (Å²) >= 11 is 0. The molecule has 0 saturated carbocycles. The van der Waals surface area contributed by atoms with Crippen molar-refractivity contribution in [1.29, 1.82) is 0 Å². The molecule has 0 radical (unpaired) electrons. The summed E-state index contributed by atoms with van der Waals surface area (Å²) in [5.74, 6) is -0.964. The van der Waals surface area contributed by atoms with Gasteiger partial charge in [-0.2, -0.15) is 0 Å². The van der Waals surface area contributed by atoms with E-state index in [9.17, 15) is 9.18 Å². The summed E-state index contributed by atoms with van der Waals surface area (Å²) in [4.78, 5) is 15.0. The number of carbonyl (C=O) groups excluding carboxylic acids is 1. The van der Waals surface area contributed by atoms with E-state index in [4.69, 9.17) is 10.5 Å². The molecule has 4 nitrogen and oxygen atoms in total. The Balaban J connectivity index is 2.55. The first-order chi connectivity index (χ1) is 8.13. The van der Waals surface area contributed by atoms with E-state index in [0.717, 1.165) is 25.1 Å². The van der Waals surface area contributed by atoms with Gasteiger partial charge < -0.3 is 10.5 Å². The Labute approximate surface area is 99.3 Å². The molecule has 0 spiro atoms. The van der Waals surface area contributed by atoms with Gasteiger partial charge in [-0.15, -0.1) is 0 Å². The number of halogens is 1. The third-order valence-corrected chi connectivity index (χ3v) is 2.04. The topological polar surface area (TPSA) is 65.2 Å². The van der Waals surface area contributed by atoms with Gasteiger partial charge >= 0.3 is 5.97 Å². The van der Waals surface area contributed by atoms with Gasteiger partial charge in [0.1, 0.15) is 5.82 Å². The highest BCUT2D eigenvalue weighted by atomic mass is 19.1.